The van der Waals surface area contributed by atoms with Gasteiger partial charge in [0.05, 0.1) is 12.3 Å². The average Bonchev–Trinajstić information content (AvgIpc) is 3.46. The molecule has 0 spiro atoms. The Balaban J connectivity index is 1.18. The van der Waals surface area contributed by atoms with Crippen LogP contribution in [-0.4, -0.2) is 41.2 Å². The van der Waals surface area contributed by atoms with Crippen molar-refractivity contribution in [2.75, 3.05) is 19.8 Å². The predicted molar refractivity (Wildman–Crippen MR) is 194 cm³/mol. The van der Waals surface area contributed by atoms with Crippen LogP contribution in [0, 0.1) is 51.2 Å². The molecule has 0 aromatic carbocycles. The van der Waals surface area contributed by atoms with Crippen molar-refractivity contribution in [1.29, 1.82) is 0 Å². The quantitative estimate of drug-likeness (QED) is 0.196. The molecule has 0 saturated heterocycles. The Morgan fingerprint density at radius 1 is 0.830 bits per heavy atom. The van der Waals surface area contributed by atoms with Crippen LogP contribution in [0.2, 0.25) is 0 Å². The number of nitrogens with one attached hydrogen (secondary N) is 1. The van der Waals surface area contributed by atoms with Crippen LogP contribution in [0.15, 0.2) is 23.3 Å². The van der Waals surface area contributed by atoms with Crippen LogP contribution < -0.4 is 5.32 Å². The first kappa shape index (κ1) is 36.1. The molecule has 0 aromatic heterocycles. The third-order valence-corrected chi connectivity index (χ3v) is 16.6. The molecule has 268 valence electrons. The van der Waals surface area contributed by atoms with Crippen LogP contribution >= 0.6 is 0 Å². The van der Waals surface area contributed by atoms with Gasteiger partial charge in [0.1, 0.15) is 0 Å². The van der Waals surface area contributed by atoms with Gasteiger partial charge in [-0.2, -0.15) is 0 Å². The number of rotatable bonds is 12. The van der Waals surface area contributed by atoms with Gasteiger partial charge < -0.3 is 15.5 Å². The number of allylic oxidation sites excluding steroid dienone is 4. The predicted octanol–water partition coefficient (Wildman–Crippen LogP) is 10.5. The standard InChI is InChI=1S/C43H72FNO2/c1-7-18-42(47,19-8-2)26-28-45-43-20-9-10-35(43)32-11-12-37-39(5,34(32)16-25-43)22-17-36-38(3,4)33(15-21-40(36,37)6)31-13-23-41(30-44,24-14-31)27-29-46/h13,15,32,34-37,45-47H,7-12,14,16-30H2,1-6H3/t32?,34?,35-,36?,37?,39?,40?,41+,43?/m1/s1. The smallest absolute Gasteiger partial charge is 0.0954 e. The minimum Gasteiger partial charge on any atom is -0.396 e. The molecule has 6 aliphatic carbocycles. The molecular weight excluding hydrogens is 581 g/mol. The molecule has 9 atom stereocenters. The van der Waals surface area contributed by atoms with Gasteiger partial charge in [-0.1, -0.05) is 73.0 Å². The maximum absolute atomic E-state index is 14.1. The van der Waals surface area contributed by atoms with Crippen molar-refractivity contribution < 1.29 is 14.6 Å². The molecule has 0 aromatic rings. The van der Waals surface area contributed by atoms with E-state index in [1.807, 2.05) is 0 Å². The van der Waals surface area contributed by atoms with Crippen LogP contribution in [0.4, 0.5) is 4.39 Å². The summed E-state index contributed by atoms with van der Waals surface area (Å²) in [6, 6.07) is 0. The highest BCUT2D eigenvalue weighted by molar-refractivity contribution is 5.41. The fourth-order valence-corrected chi connectivity index (χ4v) is 14.4. The SMILES string of the molecule is CCCC(O)(CCC)CCNC12CCC[C@@H]1C1CCC3C(C)(CCC4C(C)(C)C(C5=CC[C@@](CF)(CCO)CC5)=CCC43C)C1CC2. The molecule has 3 N–H and O–H groups in total. The van der Waals surface area contributed by atoms with Crippen LogP contribution in [0.5, 0.6) is 0 Å². The summed E-state index contributed by atoms with van der Waals surface area (Å²) in [5.41, 5.74) is 3.42. The molecule has 0 heterocycles. The Hall–Kier alpha value is -0.710. The van der Waals surface area contributed by atoms with E-state index in [1.165, 1.54) is 69.8 Å². The van der Waals surface area contributed by atoms with Crippen LogP contribution in [0.3, 0.4) is 0 Å². The third-order valence-electron chi connectivity index (χ3n) is 16.6. The average molecular weight is 654 g/mol. The summed E-state index contributed by atoms with van der Waals surface area (Å²) >= 11 is 0. The molecule has 6 aliphatic rings. The van der Waals surface area contributed by atoms with Crippen LogP contribution in [0.1, 0.15) is 164 Å². The molecule has 3 nitrogen and oxygen atoms in total. The van der Waals surface area contributed by atoms with Crippen molar-refractivity contribution in [3.63, 3.8) is 0 Å². The van der Waals surface area contributed by atoms with Crippen molar-refractivity contribution in [1.82, 2.24) is 5.32 Å². The molecule has 4 heteroatoms. The van der Waals surface area contributed by atoms with Crippen molar-refractivity contribution >= 4 is 0 Å². The first-order valence-electron chi connectivity index (χ1n) is 20.4. The molecule has 6 rings (SSSR count). The van der Waals surface area contributed by atoms with Gasteiger partial charge in [0, 0.05) is 17.6 Å². The second kappa shape index (κ2) is 13.4. The van der Waals surface area contributed by atoms with E-state index in [0.29, 0.717) is 28.7 Å². The monoisotopic (exact) mass is 654 g/mol. The van der Waals surface area contributed by atoms with Gasteiger partial charge in [-0.25, -0.2) is 0 Å². The number of halogens is 1. The van der Waals surface area contributed by atoms with E-state index in [1.54, 1.807) is 5.57 Å². The lowest BCUT2D eigenvalue weighted by Crippen LogP contribution is -2.63. The maximum atomic E-state index is 14.1. The van der Waals surface area contributed by atoms with E-state index in [2.05, 4.69) is 59.0 Å². The van der Waals surface area contributed by atoms with Crippen LogP contribution in [-0.2, 0) is 0 Å². The van der Waals surface area contributed by atoms with Gasteiger partial charge in [0.15, 0.2) is 0 Å². The first-order chi connectivity index (χ1) is 22.4. The number of fused-ring (bicyclic) bond motifs is 7. The Morgan fingerprint density at radius 2 is 1.60 bits per heavy atom. The molecule has 0 bridgehead atoms. The van der Waals surface area contributed by atoms with E-state index in [0.717, 1.165) is 81.6 Å². The third kappa shape index (κ3) is 6.07. The summed E-state index contributed by atoms with van der Waals surface area (Å²) in [4.78, 5) is 0. The van der Waals surface area contributed by atoms with Crippen molar-refractivity contribution in [3.8, 4) is 0 Å². The van der Waals surface area contributed by atoms with Crippen molar-refractivity contribution in [2.45, 2.75) is 175 Å². The zero-order valence-corrected chi connectivity index (χ0v) is 31.4. The summed E-state index contributed by atoms with van der Waals surface area (Å²) in [6.45, 7) is 15.7. The minimum absolute atomic E-state index is 0.0877. The lowest BCUT2D eigenvalue weighted by Gasteiger charge is -2.68. The maximum Gasteiger partial charge on any atom is 0.0954 e. The highest BCUT2D eigenvalue weighted by atomic mass is 19.1. The number of aliphatic hydroxyl groups is 2. The fraction of sp³-hybridized carbons (Fsp3) is 0.907. The van der Waals surface area contributed by atoms with E-state index < -0.39 is 5.60 Å². The van der Waals surface area contributed by atoms with Gasteiger partial charge in [-0.15, -0.1) is 0 Å². The molecule has 0 radical (unpaired) electrons. The number of hydrogen-bond acceptors (Lipinski definition) is 3. The summed E-state index contributed by atoms with van der Waals surface area (Å²) in [5, 5.41) is 25.2. The largest absolute Gasteiger partial charge is 0.396 e. The Labute approximate surface area is 288 Å². The van der Waals surface area contributed by atoms with Gasteiger partial charge in [0.25, 0.3) is 0 Å². The molecule has 7 unspecified atom stereocenters. The number of hydrogen-bond donors (Lipinski definition) is 3. The Bertz CT molecular complexity index is 1170. The second-order valence-electron chi connectivity index (χ2n) is 19.2. The summed E-state index contributed by atoms with van der Waals surface area (Å²) < 4.78 is 14.1. The first-order valence-corrected chi connectivity index (χ1v) is 20.4. The summed E-state index contributed by atoms with van der Waals surface area (Å²) in [6.07, 6.45) is 26.6. The van der Waals surface area contributed by atoms with E-state index in [9.17, 15) is 14.6 Å². The molecule has 4 fully saturated rings. The normalized spacial score (nSPS) is 42.9. The summed E-state index contributed by atoms with van der Waals surface area (Å²) in [7, 11) is 0. The van der Waals surface area contributed by atoms with Gasteiger partial charge in [-0.3, -0.25) is 4.39 Å². The van der Waals surface area contributed by atoms with Gasteiger partial charge >= 0.3 is 0 Å². The van der Waals surface area contributed by atoms with Gasteiger partial charge in [-0.05, 0) is 166 Å². The lowest BCUT2D eigenvalue weighted by molar-refractivity contribution is -0.175. The van der Waals surface area contributed by atoms with E-state index in [4.69, 9.17) is 0 Å². The van der Waals surface area contributed by atoms with Gasteiger partial charge in [0.2, 0.25) is 0 Å². The van der Waals surface area contributed by atoms with E-state index >= 15 is 0 Å². The second-order valence-corrected chi connectivity index (χ2v) is 19.2. The van der Waals surface area contributed by atoms with Crippen LogP contribution in [0.25, 0.3) is 0 Å². The fourth-order valence-electron chi connectivity index (χ4n) is 14.4. The highest BCUT2D eigenvalue weighted by Gasteiger charge is 2.65. The Morgan fingerprint density at radius 3 is 2.26 bits per heavy atom. The molecule has 0 aliphatic heterocycles. The topological polar surface area (TPSA) is 52.5 Å². The van der Waals surface area contributed by atoms with Crippen molar-refractivity contribution in [3.05, 3.63) is 23.3 Å². The summed E-state index contributed by atoms with van der Waals surface area (Å²) in [5.74, 6) is 4.00. The zero-order valence-electron chi connectivity index (χ0n) is 31.4. The molecule has 0 amide bonds. The lowest BCUT2D eigenvalue weighted by atomic mass is 9.37. The van der Waals surface area contributed by atoms with Crippen molar-refractivity contribution in [2.24, 2.45) is 51.2 Å². The number of aliphatic hydroxyl groups excluding tert-OH is 1. The minimum atomic E-state index is -0.493. The number of alkyl halides is 1. The Kier molecular flexibility index (Phi) is 10.3. The van der Waals surface area contributed by atoms with E-state index in [-0.39, 0.29) is 24.1 Å². The highest BCUT2D eigenvalue weighted by Crippen LogP contribution is 2.72. The molecular formula is C43H72FNO2. The molecule has 4 saturated carbocycles. The molecule has 47 heavy (non-hydrogen) atoms. The zero-order chi connectivity index (χ0) is 33.7.